The summed E-state index contributed by atoms with van der Waals surface area (Å²) in [5.41, 5.74) is 1.64. The molecule has 0 aromatic heterocycles. The summed E-state index contributed by atoms with van der Waals surface area (Å²) < 4.78 is 40.6. The first kappa shape index (κ1) is 23.5. The largest absolute Gasteiger partial charge is 0.407 e. The molecule has 1 aliphatic rings. The van der Waals surface area contributed by atoms with E-state index in [-0.39, 0.29) is 16.6 Å². The smallest absolute Gasteiger partial charge is 0.305 e. The molecule has 0 amide bonds. The average Bonchev–Trinajstić information content (AvgIpc) is 2.97. The lowest BCUT2D eigenvalue weighted by molar-refractivity contribution is -0.136. The molecule has 0 unspecified atom stereocenters. The number of alkyl halides is 3. The van der Waals surface area contributed by atoms with Crippen LogP contribution in [0.15, 0.2) is 66.7 Å². The quantitative estimate of drug-likeness (QED) is 0.311. The van der Waals surface area contributed by atoms with E-state index in [2.05, 4.69) is 4.85 Å². The molecule has 0 radical (unpaired) electrons. The molecule has 3 aromatic carbocycles. The molecule has 172 valence electrons. The monoisotopic (exact) mass is 478 g/mol. The van der Waals surface area contributed by atoms with Gasteiger partial charge < -0.3 is 4.90 Å². The first-order chi connectivity index (χ1) is 15.9. The van der Waals surface area contributed by atoms with Gasteiger partial charge >= 0.3 is 6.18 Å². The van der Waals surface area contributed by atoms with Crippen LogP contribution in [0.2, 0.25) is 0 Å². The van der Waals surface area contributed by atoms with Gasteiger partial charge in [-0.25, -0.2) is 4.85 Å². The molecule has 1 fully saturated rings. The van der Waals surface area contributed by atoms with E-state index in [1.165, 1.54) is 16.5 Å². The Morgan fingerprint density at radius 2 is 1.44 bits per heavy atom. The number of nitrogens with zero attached hydrogens (tertiary/aromatic N) is 3. The predicted molar refractivity (Wildman–Crippen MR) is 134 cm³/mol. The Kier molecular flexibility index (Phi) is 5.70. The Balaban J connectivity index is 1.72. The zero-order valence-corrected chi connectivity index (χ0v) is 19.6. The van der Waals surface area contributed by atoms with Gasteiger partial charge in [-0.1, -0.05) is 48.0 Å². The predicted octanol–water partition coefficient (Wildman–Crippen LogP) is 7.60. The van der Waals surface area contributed by atoms with Crippen LogP contribution in [-0.2, 0) is 6.18 Å². The Hall–Kier alpha value is -3.70. The van der Waals surface area contributed by atoms with Gasteiger partial charge in [-0.2, -0.15) is 13.2 Å². The number of aryl methyl sites for hydroxylation is 1. The molecule has 0 atom stereocenters. The van der Waals surface area contributed by atoms with Crippen molar-refractivity contribution in [1.82, 2.24) is 0 Å². The highest BCUT2D eigenvalue weighted by atomic mass is 32.1. The van der Waals surface area contributed by atoms with Crippen molar-refractivity contribution in [3.05, 3.63) is 89.3 Å². The van der Waals surface area contributed by atoms with Gasteiger partial charge in [0.1, 0.15) is 5.84 Å². The number of halogens is 3. The standard InChI is InChI=1S/C26H21F3N4S/c1-16-5-7-17(8-6-16)18-9-11-19(12-10-18)33-24(34)32(23(30)25(33,2)3)20-13-14-22(31-4)21(15-20)26(27,28)29/h5-15,30H,1-3H3. The second kappa shape index (κ2) is 8.26. The van der Waals surface area contributed by atoms with Crippen molar-refractivity contribution in [3.63, 3.8) is 0 Å². The fourth-order valence-electron chi connectivity index (χ4n) is 4.02. The third-order valence-corrected chi connectivity index (χ3v) is 6.28. The molecule has 1 aliphatic heterocycles. The number of amidine groups is 1. The molecule has 3 aromatic rings. The van der Waals surface area contributed by atoms with Crippen LogP contribution >= 0.6 is 12.2 Å². The summed E-state index contributed by atoms with van der Waals surface area (Å²) in [6, 6.07) is 19.2. The average molecular weight is 479 g/mol. The van der Waals surface area contributed by atoms with E-state index in [1.807, 2.05) is 55.5 Å². The fraction of sp³-hybridized carbons (Fsp3) is 0.192. The van der Waals surface area contributed by atoms with Crippen LogP contribution in [0.25, 0.3) is 16.0 Å². The molecule has 1 heterocycles. The van der Waals surface area contributed by atoms with Crippen molar-refractivity contribution in [2.75, 3.05) is 9.80 Å². The number of thiocarbonyl (C=S) groups is 1. The second-order valence-corrected chi connectivity index (χ2v) is 8.95. The van der Waals surface area contributed by atoms with Crippen molar-refractivity contribution < 1.29 is 13.2 Å². The topological polar surface area (TPSA) is 34.7 Å². The van der Waals surface area contributed by atoms with Crippen LogP contribution in [0, 0.1) is 18.9 Å². The molecule has 4 rings (SSSR count). The van der Waals surface area contributed by atoms with Crippen molar-refractivity contribution >= 4 is 40.2 Å². The van der Waals surface area contributed by atoms with E-state index in [9.17, 15) is 13.2 Å². The van der Waals surface area contributed by atoms with Gasteiger partial charge in [0, 0.05) is 11.4 Å². The number of anilines is 2. The normalized spacial score (nSPS) is 15.6. The minimum absolute atomic E-state index is 0.0452. The van der Waals surface area contributed by atoms with Gasteiger partial charge in [-0.15, -0.1) is 0 Å². The van der Waals surface area contributed by atoms with Gasteiger partial charge in [0.15, 0.2) is 10.8 Å². The molecule has 1 N–H and O–H groups in total. The van der Waals surface area contributed by atoms with Gasteiger partial charge in [-0.05, 0) is 68.4 Å². The summed E-state index contributed by atoms with van der Waals surface area (Å²) in [5.74, 6) is 0.0452. The summed E-state index contributed by atoms with van der Waals surface area (Å²) in [4.78, 5) is 6.08. The van der Waals surface area contributed by atoms with Crippen LogP contribution in [-0.4, -0.2) is 16.5 Å². The lowest BCUT2D eigenvalue weighted by atomic mass is 10.0. The lowest BCUT2D eigenvalue weighted by Gasteiger charge is -2.30. The number of benzene rings is 3. The van der Waals surface area contributed by atoms with Crippen LogP contribution in [0.5, 0.6) is 0 Å². The summed E-state index contributed by atoms with van der Waals surface area (Å²) in [7, 11) is 0. The highest BCUT2D eigenvalue weighted by Crippen LogP contribution is 2.42. The second-order valence-electron chi connectivity index (χ2n) is 8.58. The van der Waals surface area contributed by atoms with E-state index in [1.54, 1.807) is 18.7 Å². The third kappa shape index (κ3) is 3.93. The Labute approximate surface area is 201 Å². The number of rotatable bonds is 3. The van der Waals surface area contributed by atoms with Gasteiger partial charge in [-0.3, -0.25) is 10.3 Å². The van der Waals surface area contributed by atoms with Crippen LogP contribution in [0.1, 0.15) is 25.0 Å². The summed E-state index contributed by atoms with van der Waals surface area (Å²) >= 11 is 5.66. The number of nitrogens with one attached hydrogen (secondary N) is 1. The molecule has 34 heavy (non-hydrogen) atoms. The van der Waals surface area contributed by atoms with Gasteiger partial charge in [0.2, 0.25) is 0 Å². The van der Waals surface area contributed by atoms with Crippen LogP contribution in [0.4, 0.5) is 30.2 Å². The Morgan fingerprint density at radius 3 is 1.97 bits per heavy atom. The Bertz CT molecular complexity index is 1320. The lowest BCUT2D eigenvalue weighted by Crippen LogP contribution is -2.44. The SMILES string of the molecule is [C-]#[N+]c1ccc(N2C(=N)C(C)(C)N(c3ccc(-c4ccc(C)cc4)cc3)C2=S)cc1C(F)(F)F. The van der Waals surface area contributed by atoms with E-state index >= 15 is 0 Å². The maximum atomic E-state index is 13.5. The Morgan fingerprint density at radius 1 is 0.912 bits per heavy atom. The summed E-state index contributed by atoms with van der Waals surface area (Å²) in [6.45, 7) is 12.7. The maximum Gasteiger partial charge on any atom is 0.407 e. The first-order valence-corrected chi connectivity index (χ1v) is 10.8. The summed E-state index contributed by atoms with van der Waals surface area (Å²) in [6.07, 6.45) is -4.69. The minimum Gasteiger partial charge on any atom is -0.305 e. The van der Waals surface area contributed by atoms with E-state index < -0.39 is 23.0 Å². The van der Waals surface area contributed by atoms with Gasteiger partial charge in [0.25, 0.3) is 0 Å². The molecular formula is C26H21F3N4S. The highest BCUT2D eigenvalue weighted by Gasteiger charge is 2.48. The van der Waals surface area contributed by atoms with Gasteiger partial charge in [0.05, 0.1) is 17.7 Å². The zero-order chi connectivity index (χ0) is 24.8. The van der Waals surface area contributed by atoms with Crippen LogP contribution < -0.4 is 9.80 Å². The van der Waals surface area contributed by atoms with Crippen molar-refractivity contribution in [2.45, 2.75) is 32.5 Å². The van der Waals surface area contributed by atoms with E-state index in [0.29, 0.717) is 0 Å². The van der Waals surface area contributed by atoms with Crippen molar-refractivity contribution in [3.8, 4) is 11.1 Å². The van der Waals surface area contributed by atoms with E-state index in [0.717, 1.165) is 28.9 Å². The van der Waals surface area contributed by atoms with Crippen molar-refractivity contribution in [1.29, 1.82) is 5.41 Å². The number of hydrogen-bond acceptors (Lipinski definition) is 2. The zero-order valence-electron chi connectivity index (χ0n) is 18.7. The molecule has 0 spiro atoms. The molecule has 1 saturated heterocycles. The van der Waals surface area contributed by atoms with E-state index in [4.69, 9.17) is 24.2 Å². The molecule has 4 nitrogen and oxygen atoms in total. The molecule has 8 heteroatoms. The van der Waals surface area contributed by atoms with Crippen LogP contribution in [0.3, 0.4) is 0 Å². The summed E-state index contributed by atoms with van der Waals surface area (Å²) in [5, 5.41) is 8.93. The first-order valence-electron chi connectivity index (χ1n) is 10.4. The van der Waals surface area contributed by atoms with Crippen molar-refractivity contribution in [2.24, 2.45) is 0 Å². The number of hydrogen-bond donors (Lipinski definition) is 1. The molecule has 0 bridgehead atoms. The molecule has 0 saturated carbocycles. The molecular weight excluding hydrogens is 457 g/mol. The fourth-order valence-corrected chi connectivity index (χ4v) is 4.55. The highest BCUT2D eigenvalue weighted by molar-refractivity contribution is 7.81. The molecule has 0 aliphatic carbocycles. The third-order valence-electron chi connectivity index (χ3n) is 5.92. The minimum atomic E-state index is -4.69. The maximum absolute atomic E-state index is 13.5.